The molecule has 0 saturated carbocycles. The summed E-state index contributed by atoms with van der Waals surface area (Å²) in [6, 6.07) is 7.34. The van der Waals surface area contributed by atoms with Gasteiger partial charge >= 0.3 is 0 Å². The highest BCUT2D eigenvalue weighted by Crippen LogP contribution is 2.60. The normalized spacial score (nSPS) is 31.9. The van der Waals surface area contributed by atoms with E-state index in [1.54, 1.807) is 0 Å². The summed E-state index contributed by atoms with van der Waals surface area (Å²) >= 11 is 0. The van der Waals surface area contributed by atoms with Crippen molar-refractivity contribution < 1.29 is 9.59 Å². The van der Waals surface area contributed by atoms with E-state index in [0.29, 0.717) is 18.8 Å². The first-order chi connectivity index (χ1) is 12.7. The maximum absolute atomic E-state index is 13.4. The largest absolute Gasteiger partial charge is 0.364 e. The smallest absolute Gasteiger partial charge is 0.247 e. The fourth-order valence-electron chi connectivity index (χ4n) is 5.31. The van der Waals surface area contributed by atoms with E-state index in [1.807, 2.05) is 23.1 Å². The molecule has 4 rings (SSSR count). The summed E-state index contributed by atoms with van der Waals surface area (Å²) in [6.07, 6.45) is 3.00. The number of fused-ring (bicyclic) bond motifs is 5. The molecule has 3 heterocycles. The summed E-state index contributed by atoms with van der Waals surface area (Å²) in [5.74, 6) is 0.329. The van der Waals surface area contributed by atoms with E-state index in [9.17, 15) is 9.59 Å². The minimum atomic E-state index is -0.443. The monoisotopic (exact) mass is 367 g/mol. The Hall–Kier alpha value is -2.30. The van der Waals surface area contributed by atoms with E-state index >= 15 is 0 Å². The molecule has 5 nitrogen and oxygen atoms in total. The molecule has 27 heavy (non-hydrogen) atoms. The van der Waals surface area contributed by atoms with Crippen molar-refractivity contribution in [3.05, 3.63) is 42.5 Å². The lowest BCUT2D eigenvalue weighted by molar-refractivity contribution is -0.149. The van der Waals surface area contributed by atoms with Crippen LogP contribution in [0, 0.1) is 11.3 Å². The number of rotatable bonds is 4. The zero-order valence-corrected chi connectivity index (χ0v) is 16.6. The van der Waals surface area contributed by atoms with Gasteiger partial charge in [0.2, 0.25) is 11.8 Å². The number of anilines is 1. The maximum Gasteiger partial charge on any atom is 0.247 e. The summed E-state index contributed by atoms with van der Waals surface area (Å²) in [5.41, 5.74) is 1.56. The van der Waals surface area contributed by atoms with Gasteiger partial charge in [-0.1, -0.05) is 52.0 Å². The molecule has 1 aromatic carbocycles. The van der Waals surface area contributed by atoms with Gasteiger partial charge in [-0.3, -0.25) is 9.59 Å². The van der Waals surface area contributed by atoms with Gasteiger partial charge in [0.1, 0.15) is 18.2 Å². The van der Waals surface area contributed by atoms with Gasteiger partial charge in [-0.15, -0.1) is 6.58 Å². The molecule has 0 bridgehead atoms. The first kappa shape index (κ1) is 18.1. The minimum absolute atomic E-state index is 0.0281. The van der Waals surface area contributed by atoms with Crippen LogP contribution in [0.15, 0.2) is 36.9 Å². The molecule has 2 amide bonds. The van der Waals surface area contributed by atoms with Crippen LogP contribution < -0.4 is 10.6 Å². The zero-order chi connectivity index (χ0) is 19.6. The van der Waals surface area contributed by atoms with E-state index < -0.39 is 12.1 Å². The van der Waals surface area contributed by atoms with Gasteiger partial charge in [-0.2, -0.15) is 0 Å². The Morgan fingerprint density at radius 3 is 2.67 bits per heavy atom. The number of carbonyl (C=O) groups excluding carboxylic acids is 2. The zero-order valence-electron chi connectivity index (χ0n) is 16.6. The SMILES string of the molecule is C=CC(C)(C)[C@@]12C[C@H]3C(=O)N[C@@H](CC(C)C)C(=O)N3[C@@H]1Nc1ccccc12. The van der Waals surface area contributed by atoms with Gasteiger partial charge in [0.25, 0.3) is 0 Å². The van der Waals surface area contributed by atoms with E-state index in [0.717, 1.165) is 5.69 Å². The molecule has 144 valence electrons. The third kappa shape index (κ3) is 2.30. The van der Waals surface area contributed by atoms with Crippen LogP contribution >= 0.6 is 0 Å². The number of benzene rings is 1. The Bertz CT molecular complexity index is 816. The minimum Gasteiger partial charge on any atom is -0.364 e. The molecule has 0 aromatic heterocycles. The second-order valence-corrected chi connectivity index (χ2v) is 9.15. The van der Waals surface area contributed by atoms with Crippen molar-refractivity contribution in [3.8, 4) is 0 Å². The van der Waals surface area contributed by atoms with E-state index in [2.05, 4.69) is 57.0 Å². The Balaban J connectivity index is 1.84. The van der Waals surface area contributed by atoms with Crippen LogP contribution in [0.5, 0.6) is 0 Å². The second kappa shape index (κ2) is 5.85. The maximum atomic E-state index is 13.4. The summed E-state index contributed by atoms with van der Waals surface area (Å²) < 4.78 is 0. The molecule has 0 radical (unpaired) electrons. The third-order valence-electron chi connectivity index (χ3n) is 6.83. The lowest BCUT2D eigenvalue weighted by Crippen LogP contribution is -2.64. The number of piperazine rings is 1. The molecule has 1 aromatic rings. The molecule has 0 aliphatic carbocycles. The van der Waals surface area contributed by atoms with Crippen LogP contribution in [-0.2, 0) is 15.0 Å². The Kier molecular flexibility index (Phi) is 3.92. The molecule has 2 fully saturated rings. The van der Waals surface area contributed by atoms with Gasteiger partial charge in [-0.25, -0.2) is 0 Å². The summed E-state index contributed by atoms with van der Waals surface area (Å²) in [6.45, 7) is 12.5. The Morgan fingerprint density at radius 1 is 1.30 bits per heavy atom. The molecular formula is C22H29N3O2. The van der Waals surface area contributed by atoms with Crippen molar-refractivity contribution in [1.82, 2.24) is 10.2 Å². The number of amides is 2. The van der Waals surface area contributed by atoms with E-state index in [-0.39, 0.29) is 28.8 Å². The molecule has 4 atom stereocenters. The van der Waals surface area contributed by atoms with Crippen molar-refractivity contribution in [2.24, 2.45) is 11.3 Å². The number of para-hydroxylation sites is 1. The van der Waals surface area contributed by atoms with Crippen molar-refractivity contribution in [1.29, 1.82) is 0 Å². The third-order valence-corrected chi connectivity index (χ3v) is 6.83. The van der Waals surface area contributed by atoms with E-state index in [1.165, 1.54) is 5.56 Å². The first-order valence-corrected chi connectivity index (χ1v) is 9.85. The topological polar surface area (TPSA) is 61.4 Å². The fourth-order valence-corrected chi connectivity index (χ4v) is 5.31. The van der Waals surface area contributed by atoms with Gasteiger partial charge in [0, 0.05) is 11.1 Å². The Labute approximate surface area is 161 Å². The molecule has 5 heteroatoms. The van der Waals surface area contributed by atoms with Crippen molar-refractivity contribution >= 4 is 17.5 Å². The van der Waals surface area contributed by atoms with Crippen molar-refractivity contribution in [2.75, 3.05) is 5.32 Å². The number of allylic oxidation sites excluding steroid dienone is 1. The molecule has 3 aliphatic rings. The molecule has 2 saturated heterocycles. The van der Waals surface area contributed by atoms with Gasteiger partial charge in [0.15, 0.2) is 0 Å². The number of hydrogen-bond donors (Lipinski definition) is 2. The highest BCUT2D eigenvalue weighted by Gasteiger charge is 2.67. The molecule has 2 N–H and O–H groups in total. The number of hydrogen-bond acceptors (Lipinski definition) is 3. The predicted molar refractivity (Wildman–Crippen MR) is 106 cm³/mol. The van der Waals surface area contributed by atoms with Crippen LogP contribution in [0.3, 0.4) is 0 Å². The van der Waals surface area contributed by atoms with Crippen LogP contribution in [-0.4, -0.2) is 35.0 Å². The quantitative estimate of drug-likeness (QED) is 0.804. The van der Waals surface area contributed by atoms with Crippen LogP contribution in [0.2, 0.25) is 0 Å². The second-order valence-electron chi connectivity index (χ2n) is 9.15. The lowest BCUT2D eigenvalue weighted by atomic mass is 9.60. The highest BCUT2D eigenvalue weighted by molar-refractivity contribution is 5.99. The molecule has 0 spiro atoms. The summed E-state index contributed by atoms with van der Waals surface area (Å²) in [4.78, 5) is 28.2. The Morgan fingerprint density at radius 2 is 2.00 bits per heavy atom. The van der Waals surface area contributed by atoms with Crippen molar-refractivity contribution in [3.63, 3.8) is 0 Å². The number of nitrogens with one attached hydrogen (secondary N) is 2. The van der Waals surface area contributed by atoms with Crippen molar-refractivity contribution in [2.45, 2.75) is 64.2 Å². The predicted octanol–water partition coefficient (Wildman–Crippen LogP) is 3.03. The van der Waals surface area contributed by atoms with Gasteiger partial charge < -0.3 is 15.5 Å². The van der Waals surface area contributed by atoms with Gasteiger partial charge in [-0.05, 0) is 35.8 Å². The van der Waals surface area contributed by atoms with Crippen LogP contribution in [0.25, 0.3) is 0 Å². The summed E-state index contributed by atoms with van der Waals surface area (Å²) in [7, 11) is 0. The first-order valence-electron chi connectivity index (χ1n) is 9.85. The average molecular weight is 367 g/mol. The van der Waals surface area contributed by atoms with E-state index in [4.69, 9.17) is 0 Å². The highest BCUT2D eigenvalue weighted by atomic mass is 16.2. The lowest BCUT2D eigenvalue weighted by Gasteiger charge is -2.44. The summed E-state index contributed by atoms with van der Waals surface area (Å²) in [5, 5.41) is 6.56. The molecular weight excluding hydrogens is 338 g/mol. The number of nitrogens with zero attached hydrogens (tertiary/aromatic N) is 1. The molecule has 3 aliphatic heterocycles. The molecule has 0 unspecified atom stereocenters. The fraction of sp³-hybridized carbons (Fsp3) is 0.545. The number of carbonyl (C=O) groups is 2. The van der Waals surface area contributed by atoms with Crippen LogP contribution in [0.4, 0.5) is 5.69 Å². The standard InChI is InChI=1S/C22H29N3O2/c1-6-21(4,5)22-12-17-18(26)23-16(11-13(2)3)19(27)25(17)20(22)24-15-10-8-7-9-14(15)22/h6-10,13,16-17,20,24H,1,11-12H2,2-5H3,(H,23,26)/t16-,17-,20-,22+/m0/s1. The average Bonchev–Trinajstić information content (AvgIpc) is 3.12. The van der Waals surface area contributed by atoms with Crippen LogP contribution in [0.1, 0.15) is 46.1 Å². The van der Waals surface area contributed by atoms with Gasteiger partial charge in [0.05, 0.1) is 0 Å².